The molecule has 0 aliphatic heterocycles. The van der Waals surface area contributed by atoms with Gasteiger partial charge in [0, 0.05) is 25.5 Å². The van der Waals surface area contributed by atoms with E-state index >= 15 is 0 Å². The number of carbonyl (C=O) groups is 1. The third-order valence-electron chi connectivity index (χ3n) is 2.39. The number of halogens is 3. The van der Waals surface area contributed by atoms with E-state index in [0.717, 1.165) is 0 Å². The van der Waals surface area contributed by atoms with Crippen LogP contribution < -0.4 is 0 Å². The van der Waals surface area contributed by atoms with Crippen molar-refractivity contribution in [3.8, 4) is 0 Å². The van der Waals surface area contributed by atoms with E-state index in [2.05, 4.69) is 15.9 Å². The Kier molecular flexibility index (Phi) is 7.00. The number of ether oxygens (including phenoxy) is 1. The maximum Gasteiger partial charge on any atom is 0.255 e. The zero-order valence-corrected chi connectivity index (χ0v) is 13.1. The molecule has 0 N–H and O–H groups in total. The maximum atomic E-state index is 12.3. The van der Waals surface area contributed by atoms with Crippen LogP contribution in [0.15, 0.2) is 18.2 Å². The van der Waals surface area contributed by atoms with Gasteiger partial charge in [0.2, 0.25) is 0 Å². The first-order valence-electron chi connectivity index (χ1n) is 5.40. The second-order valence-electron chi connectivity index (χ2n) is 3.58. The zero-order chi connectivity index (χ0) is 13.5. The summed E-state index contributed by atoms with van der Waals surface area (Å²) in [7, 11) is 1.60. The number of nitrogens with zero attached hydrogens (tertiary/aromatic N) is 1. The molecule has 0 saturated heterocycles. The average Bonchev–Trinajstić information content (AvgIpc) is 2.37. The lowest BCUT2D eigenvalue weighted by atomic mass is 10.2. The lowest BCUT2D eigenvalue weighted by Crippen LogP contribution is -2.35. The summed E-state index contributed by atoms with van der Waals surface area (Å²) in [6.07, 6.45) is 0. The van der Waals surface area contributed by atoms with E-state index in [0.29, 0.717) is 40.6 Å². The summed E-state index contributed by atoms with van der Waals surface area (Å²) in [6, 6.07) is 5.04. The Labute approximate surface area is 125 Å². The van der Waals surface area contributed by atoms with E-state index in [4.69, 9.17) is 27.9 Å². The third-order valence-corrected chi connectivity index (χ3v) is 3.56. The Morgan fingerprint density at radius 1 is 1.39 bits per heavy atom. The Morgan fingerprint density at radius 2 is 2.11 bits per heavy atom. The van der Waals surface area contributed by atoms with Crippen molar-refractivity contribution in [3.05, 3.63) is 33.8 Å². The molecule has 6 heteroatoms. The molecule has 0 aromatic heterocycles. The number of rotatable bonds is 6. The monoisotopic (exact) mass is 353 g/mol. The molecule has 0 atom stereocenters. The number of hydrogen-bond acceptors (Lipinski definition) is 2. The summed E-state index contributed by atoms with van der Waals surface area (Å²) in [6.45, 7) is 1.59. The minimum Gasteiger partial charge on any atom is -0.383 e. The molecular formula is C12H14BrCl2NO2. The minimum absolute atomic E-state index is 0.140. The predicted octanol–water partition coefficient (Wildman–Crippen LogP) is 3.48. The number of hydrogen-bond donors (Lipinski definition) is 0. The summed E-state index contributed by atoms with van der Waals surface area (Å²) < 4.78 is 4.99. The first-order chi connectivity index (χ1) is 8.61. The summed E-state index contributed by atoms with van der Waals surface area (Å²) in [5.74, 6) is -0.140. The molecule has 100 valence electrons. The smallest absolute Gasteiger partial charge is 0.255 e. The van der Waals surface area contributed by atoms with Crippen LogP contribution in [-0.2, 0) is 4.74 Å². The second-order valence-corrected chi connectivity index (χ2v) is 5.15. The molecule has 3 nitrogen and oxygen atoms in total. The van der Waals surface area contributed by atoms with Gasteiger partial charge in [-0.2, -0.15) is 0 Å². The Bertz CT molecular complexity index is 415. The highest BCUT2D eigenvalue weighted by molar-refractivity contribution is 9.09. The number of alkyl halides is 1. The van der Waals surface area contributed by atoms with Crippen LogP contribution in [0.4, 0.5) is 0 Å². The van der Waals surface area contributed by atoms with Gasteiger partial charge in [-0.3, -0.25) is 4.79 Å². The standard InChI is InChI=1S/C12H14BrCl2NO2/c1-18-8-7-16(6-5-13)12(17)9-3-2-4-10(14)11(9)15/h2-4H,5-8H2,1H3. The van der Waals surface area contributed by atoms with Crippen molar-refractivity contribution in [2.75, 3.05) is 32.1 Å². The average molecular weight is 355 g/mol. The van der Waals surface area contributed by atoms with Crippen LogP contribution in [0.25, 0.3) is 0 Å². The van der Waals surface area contributed by atoms with Gasteiger partial charge in [0.05, 0.1) is 22.2 Å². The molecule has 0 radical (unpaired) electrons. The quantitative estimate of drug-likeness (QED) is 0.732. The van der Waals surface area contributed by atoms with Crippen LogP contribution in [0.2, 0.25) is 10.0 Å². The molecule has 0 fully saturated rings. The molecular weight excluding hydrogens is 341 g/mol. The third kappa shape index (κ3) is 4.12. The topological polar surface area (TPSA) is 29.5 Å². The number of carbonyl (C=O) groups excluding carboxylic acids is 1. The molecule has 1 rings (SSSR count). The van der Waals surface area contributed by atoms with Gasteiger partial charge >= 0.3 is 0 Å². The fourth-order valence-corrected chi connectivity index (χ4v) is 2.27. The van der Waals surface area contributed by atoms with E-state index < -0.39 is 0 Å². The van der Waals surface area contributed by atoms with E-state index in [-0.39, 0.29) is 5.91 Å². The molecule has 1 aromatic carbocycles. The molecule has 0 aliphatic rings. The van der Waals surface area contributed by atoms with Gasteiger partial charge in [-0.25, -0.2) is 0 Å². The van der Waals surface area contributed by atoms with Crippen LogP contribution >= 0.6 is 39.1 Å². The van der Waals surface area contributed by atoms with Crippen LogP contribution in [0, 0.1) is 0 Å². The van der Waals surface area contributed by atoms with E-state index in [1.807, 2.05) is 0 Å². The number of amides is 1. The summed E-state index contributed by atoms with van der Waals surface area (Å²) in [4.78, 5) is 14.0. The van der Waals surface area contributed by atoms with Crippen molar-refractivity contribution in [1.29, 1.82) is 0 Å². The first-order valence-corrected chi connectivity index (χ1v) is 7.27. The molecule has 1 aromatic rings. The molecule has 0 unspecified atom stereocenters. The fraction of sp³-hybridized carbons (Fsp3) is 0.417. The van der Waals surface area contributed by atoms with E-state index in [1.54, 1.807) is 30.2 Å². The van der Waals surface area contributed by atoms with Crippen molar-refractivity contribution >= 4 is 45.0 Å². The minimum atomic E-state index is -0.140. The molecule has 0 heterocycles. The molecule has 1 amide bonds. The van der Waals surface area contributed by atoms with Crippen LogP contribution in [0.3, 0.4) is 0 Å². The van der Waals surface area contributed by atoms with Gasteiger partial charge in [-0.1, -0.05) is 45.2 Å². The van der Waals surface area contributed by atoms with Gasteiger partial charge in [0.25, 0.3) is 5.91 Å². The number of methoxy groups -OCH3 is 1. The largest absolute Gasteiger partial charge is 0.383 e. The highest BCUT2D eigenvalue weighted by Gasteiger charge is 2.18. The van der Waals surface area contributed by atoms with Gasteiger partial charge in [0.15, 0.2) is 0 Å². The Hall–Kier alpha value is -0.290. The first kappa shape index (κ1) is 15.8. The van der Waals surface area contributed by atoms with Gasteiger partial charge in [-0.15, -0.1) is 0 Å². The zero-order valence-electron chi connectivity index (χ0n) is 9.96. The van der Waals surface area contributed by atoms with Gasteiger partial charge in [0.1, 0.15) is 0 Å². The summed E-state index contributed by atoms with van der Waals surface area (Å²) in [5, 5.41) is 1.37. The van der Waals surface area contributed by atoms with Crippen LogP contribution in [-0.4, -0.2) is 42.9 Å². The fourth-order valence-electron chi connectivity index (χ4n) is 1.46. The molecule has 18 heavy (non-hydrogen) atoms. The van der Waals surface area contributed by atoms with E-state index in [9.17, 15) is 4.79 Å². The van der Waals surface area contributed by atoms with Gasteiger partial charge < -0.3 is 9.64 Å². The SMILES string of the molecule is COCCN(CCBr)C(=O)c1cccc(Cl)c1Cl. The second kappa shape index (κ2) is 8.00. The molecule has 0 aliphatic carbocycles. The van der Waals surface area contributed by atoms with Crippen molar-refractivity contribution in [3.63, 3.8) is 0 Å². The van der Waals surface area contributed by atoms with Crippen molar-refractivity contribution in [2.24, 2.45) is 0 Å². The Morgan fingerprint density at radius 3 is 2.72 bits per heavy atom. The molecule has 0 bridgehead atoms. The number of benzene rings is 1. The lowest BCUT2D eigenvalue weighted by Gasteiger charge is -2.22. The Balaban J connectivity index is 2.90. The highest BCUT2D eigenvalue weighted by atomic mass is 79.9. The van der Waals surface area contributed by atoms with Crippen molar-refractivity contribution < 1.29 is 9.53 Å². The van der Waals surface area contributed by atoms with Crippen molar-refractivity contribution in [1.82, 2.24) is 4.90 Å². The van der Waals surface area contributed by atoms with Gasteiger partial charge in [-0.05, 0) is 12.1 Å². The lowest BCUT2D eigenvalue weighted by molar-refractivity contribution is 0.0709. The summed E-state index contributed by atoms with van der Waals surface area (Å²) >= 11 is 15.3. The van der Waals surface area contributed by atoms with Crippen LogP contribution in [0.5, 0.6) is 0 Å². The van der Waals surface area contributed by atoms with Crippen molar-refractivity contribution in [2.45, 2.75) is 0 Å². The predicted molar refractivity (Wildman–Crippen MR) is 78.0 cm³/mol. The summed E-state index contributed by atoms with van der Waals surface area (Å²) in [5.41, 5.74) is 0.418. The normalized spacial score (nSPS) is 10.4. The molecule has 0 spiro atoms. The highest BCUT2D eigenvalue weighted by Crippen LogP contribution is 2.26. The molecule has 0 saturated carbocycles. The van der Waals surface area contributed by atoms with Crippen LogP contribution in [0.1, 0.15) is 10.4 Å². The van der Waals surface area contributed by atoms with E-state index in [1.165, 1.54) is 0 Å². The maximum absolute atomic E-state index is 12.3.